The van der Waals surface area contributed by atoms with Crippen molar-refractivity contribution in [3.63, 3.8) is 0 Å². The average Bonchev–Trinajstić information content (AvgIpc) is 3.57. The molecule has 0 saturated carbocycles. The highest BCUT2D eigenvalue weighted by Gasteiger charge is 2.35. The molecule has 0 unspecified atom stereocenters. The lowest BCUT2D eigenvalue weighted by Crippen LogP contribution is -2.52. The molecule has 14 nitrogen and oxygen atoms in total. The van der Waals surface area contributed by atoms with E-state index in [1.165, 1.54) is 7.11 Å². The minimum Gasteiger partial charge on any atom is -0.490 e. The summed E-state index contributed by atoms with van der Waals surface area (Å²) in [6, 6.07) is 20.6. The van der Waals surface area contributed by atoms with Crippen molar-refractivity contribution in [1.29, 1.82) is 5.41 Å². The Hall–Kier alpha value is -6.35. The van der Waals surface area contributed by atoms with Crippen molar-refractivity contribution < 1.29 is 41.7 Å². The molecular formula is C48H57N5O9S. The van der Waals surface area contributed by atoms with Gasteiger partial charge in [-0.1, -0.05) is 73.3 Å². The third-order valence-electron chi connectivity index (χ3n) is 11.6. The molecule has 334 valence electrons. The van der Waals surface area contributed by atoms with Crippen LogP contribution >= 0.6 is 0 Å². The molecule has 63 heavy (non-hydrogen) atoms. The Morgan fingerprint density at radius 2 is 1.57 bits per heavy atom. The van der Waals surface area contributed by atoms with Gasteiger partial charge in [-0.25, -0.2) is 22.7 Å². The number of rotatable bonds is 17. The smallest absolute Gasteiger partial charge is 0.407 e. The van der Waals surface area contributed by atoms with Crippen molar-refractivity contribution in [2.75, 3.05) is 26.9 Å². The summed E-state index contributed by atoms with van der Waals surface area (Å²) in [7, 11) is -2.96. The van der Waals surface area contributed by atoms with Crippen LogP contribution in [0.5, 0.6) is 11.5 Å². The molecule has 4 aromatic rings. The first-order valence-electron chi connectivity index (χ1n) is 21.0. The summed E-state index contributed by atoms with van der Waals surface area (Å²) in [4.78, 5) is 40.6. The standard InChI is InChI=1S/C48H57N5O9S/c1-8-26-60-33-21-19-32(20-22-33)27-41(45(55)59-7)51-44(54)40(52-47(56)61-28-39-37-16-11-9-14-35(37)36-15-10-12-17-38(36)39)18-13-25-50-46(49)53-63(57,58)43-30(3)29(2)42-34(31(43)4)23-24-48(5,6)62-42/h8-12,14-17,19-22,39-41H,1,13,18,23-28H2,2-7H3,(H,51,54)(H,52,56)(H3,49,50,53)/t40-,41+/m1/s1. The van der Waals surface area contributed by atoms with Crippen LogP contribution in [0.15, 0.2) is 90.3 Å². The number of esters is 1. The maximum atomic E-state index is 14.0. The first kappa shape index (κ1) is 46.2. The Balaban J connectivity index is 1.13. The second kappa shape index (κ2) is 19.8. The SMILES string of the molecule is C=CCOc1ccc(C[C@H](NC(=O)[C@@H](CCCNC(=N)NS(=O)(=O)c2c(C)c(C)c3c(c2C)CCC(C)(C)O3)NC(=O)OCC2c3ccccc3-c3ccccc32)C(=O)OC)cc1. The number of amides is 2. The normalized spacial score (nSPS) is 14.6. The zero-order chi connectivity index (χ0) is 45.5. The fourth-order valence-electron chi connectivity index (χ4n) is 8.26. The minimum absolute atomic E-state index is 0.0120. The molecule has 2 amide bonds. The molecule has 1 aliphatic heterocycles. The van der Waals surface area contributed by atoms with Gasteiger partial charge in [0.05, 0.1) is 12.0 Å². The summed E-state index contributed by atoms with van der Waals surface area (Å²) < 4.78 is 52.5. The maximum absolute atomic E-state index is 14.0. The Labute approximate surface area is 369 Å². The second-order valence-corrected chi connectivity index (χ2v) is 18.1. The number of nitrogens with one attached hydrogen (secondary N) is 5. The molecule has 6 rings (SSSR count). The predicted molar refractivity (Wildman–Crippen MR) is 241 cm³/mol. The van der Waals surface area contributed by atoms with Gasteiger partial charge >= 0.3 is 12.1 Å². The minimum atomic E-state index is -4.18. The van der Waals surface area contributed by atoms with E-state index in [9.17, 15) is 22.8 Å². The summed E-state index contributed by atoms with van der Waals surface area (Å²) in [5, 5.41) is 16.7. The van der Waals surface area contributed by atoms with Crippen molar-refractivity contribution in [2.24, 2.45) is 0 Å². The third kappa shape index (κ3) is 10.8. The van der Waals surface area contributed by atoms with Crippen molar-refractivity contribution in [2.45, 2.75) is 95.2 Å². The molecule has 15 heteroatoms. The number of hydrogen-bond donors (Lipinski definition) is 5. The summed E-state index contributed by atoms with van der Waals surface area (Å²) in [6.07, 6.45) is 2.49. The van der Waals surface area contributed by atoms with E-state index in [0.717, 1.165) is 45.4 Å². The highest BCUT2D eigenvalue weighted by atomic mass is 32.2. The lowest BCUT2D eigenvalue weighted by Gasteiger charge is -2.35. The fourth-order valence-corrected chi connectivity index (χ4v) is 9.79. The van der Waals surface area contributed by atoms with E-state index in [0.29, 0.717) is 35.7 Å². The van der Waals surface area contributed by atoms with Gasteiger partial charge in [0, 0.05) is 18.9 Å². The van der Waals surface area contributed by atoms with E-state index in [1.807, 2.05) is 69.3 Å². The van der Waals surface area contributed by atoms with E-state index in [-0.39, 0.29) is 48.8 Å². The molecule has 0 fully saturated rings. The summed E-state index contributed by atoms with van der Waals surface area (Å²) >= 11 is 0. The number of ether oxygens (including phenoxy) is 4. The van der Waals surface area contributed by atoms with Gasteiger partial charge in [-0.05, 0) is 123 Å². The molecular weight excluding hydrogens is 823 g/mol. The third-order valence-corrected chi connectivity index (χ3v) is 13.3. The number of sulfonamides is 1. The summed E-state index contributed by atoms with van der Waals surface area (Å²) in [5.41, 5.74) is 7.22. The number of carbonyl (C=O) groups is 3. The molecule has 0 saturated heterocycles. The molecule has 1 aliphatic carbocycles. The monoisotopic (exact) mass is 879 g/mol. The molecule has 0 spiro atoms. The van der Waals surface area contributed by atoms with Crippen molar-refractivity contribution in [1.82, 2.24) is 20.7 Å². The molecule has 0 radical (unpaired) electrons. The zero-order valence-corrected chi connectivity index (χ0v) is 37.5. The first-order chi connectivity index (χ1) is 30.0. The highest BCUT2D eigenvalue weighted by Crippen LogP contribution is 2.45. The number of guanidine groups is 1. The molecule has 2 aliphatic rings. The average molecular weight is 880 g/mol. The van der Waals surface area contributed by atoms with Gasteiger partial charge in [0.1, 0.15) is 42.4 Å². The Morgan fingerprint density at radius 1 is 0.921 bits per heavy atom. The number of alkyl carbamates (subject to hydrolysis) is 1. The predicted octanol–water partition coefficient (Wildman–Crippen LogP) is 6.67. The number of benzene rings is 4. The van der Waals surface area contributed by atoms with Crippen LogP contribution in [-0.2, 0) is 41.9 Å². The summed E-state index contributed by atoms with van der Waals surface area (Å²) in [5.74, 6) is -0.711. The van der Waals surface area contributed by atoms with Gasteiger partial charge in [0.2, 0.25) is 11.9 Å². The molecule has 0 bridgehead atoms. The van der Waals surface area contributed by atoms with E-state index < -0.39 is 46.0 Å². The van der Waals surface area contributed by atoms with Gasteiger partial charge in [-0.3, -0.25) is 10.2 Å². The molecule has 1 heterocycles. The second-order valence-electron chi connectivity index (χ2n) is 16.5. The van der Waals surface area contributed by atoms with Crippen molar-refractivity contribution >= 4 is 34.0 Å². The lowest BCUT2D eigenvalue weighted by atomic mass is 9.88. The van der Waals surface area contributed by atoms with Crippen LogP contribution in [-0.4, -0.2) is 76.9 Å². The van der Waals surface area contributed by atoms with Crippen LogP contribution in [0.3, 0.4) is 0 Å². The van der Waals surface area contributed by atoms with E-state index in [1.54, 1.807) is 44.2 Å². The van der Waals surface area contributed by atoms with Crippen LogP contribution in [0, 0.1) is 26.2 Å². The van der Waals surface area contributed by atoms with Crippen LogP contribution in [0.4, 0.5) is 4.79 Å². The Kier molecular flexibility index (Phi) is 14.5. The number of carbonyl (C=O) groups excluding carboxylic acids is 3. The topological polar surface area (TPSA) is 194 Å². The zero-order valence-electron chi connectivity index (χ0n) is 36.7. The maximum Gasteiger partial charge on any atom is 0.407 e. The number of hydrogen-bond acceptors (Lipinski definition) is 10. The Morgan fingerprint density at radius 3 is 2.21 bits per heavy atom. The van der Waals surface area contributed by atoms with E-state index >= 15 is 0 Å². The molecule has 4 aromatic carbocycles. The first-order valence-corrected chi connectivity index (χ1v) is 22.5. The quantitative estimate of drug-likeness (QED) is 0.0252. The largest absolute Gasteiger partial charge is 0.490 e. The van der Waals surface area contributed by atoms with Gasteiger partial charge in [0.15, 0.2) is 0 Å². The fraction of sp³-hybridized carbons (Fsp3) is 0.375. The highest BCUT2D eigenvalue weighted by molar-refractivity contribution is 7.90. The van der Waals surface area contributed by atoms with Gasteiger partial charge < -0.3 is 34.9 Å². The molecule has 0 aromatic heterocycles. The number of methoxy groups -OCH3 is 1. The molecule has 5 N–H and O–H groups in total. The number of fused-ring (bicyclic) bond motifs is 4. The Bertz CT molecular complexity index is 2440. The van der Waals surface area contributed by atoms with Crippen molar-refractivity contribution in [3.8, 4) is 22.6 Å². The van der Waals surface area contributed by atoms with Crippen LogP contribution in [0.25, 0.3) is 11.1 Å². The van der Waals surface area contributed by atoms with E-state index in [4.69, 9.17) is 24.4 Å². The van der Waals surface area contributed by atoms with Crippen LogP contribution in [0.1, 0.15) is 78.0 Å². The van der Waals surface area contributed by atoms with Crippen LogP contribution in [0.2, 0.25) is 0 Å². The van der Waals surface area contributed by atoms with Crippen LogP contribution < -0.4 is 30.1 Å². The summed E-state index contributed by atoms with van der Waals surface area (Å²) in [6.45, 7) is 13.4. The van der Waals surface area contributed by atoms with E-state index in [2.05, 4.69) is 27.3 Å². The van der Waals surface area contributed by atoms with Crippen molar-refractivity contribution in [3.05, 3.63) is 124 Å². The lowest BCUT2D eigenvalue weighted by molar-refractivity contribution is -0.145. The van der Waals surface area contributed by atoms with Gasteiger partial charge in [0.25, 0.3) is 10.0 Å². The van der Waals surface area contributed by atoms with Gasteiger partial charge in [-0.2, -0.15) is 0 Å². The molecule has 2 atom stereocenters. The van der Waals surface area contributed by atoms with Gasteiger partial charge in [-0.15, -0.1) is 0 Å².